The number of hydrogen-bond donors (Lipinski definition) is 0. The number of carbonyl (C=O) groups is 1. The summed E-state index contributed by atoms with van der Waals surface area (Å²) in [6, 6.07) is 17.8. The van der Waals surface area contributed by atoms with E-state index in [1.54, 1.807) is 30.3 Å². The van der Waals surface area contributed by atoms with Crippen molar-refractivity contribution in [1.82, 2.24) is 0 Å². The summed E-state index contributed by atoms with van der Waals surface area (Å²) >= 11 is 0. The van der Waals surface area contributed by atoms with Crippen molar-refractivity contribution in [2.24, 2.45) is 0 Å². The number of nitro benzene ring substituents is 1. The van der Waals surface area contributed by atoms with Crippen molar-refractivity contribution >= 4 is 21.6 Å². The fraction of sp³-hybridized carbons (Fsp3) is 0.0500. The van der Waals surface area contributed by atoms with Crippen LogP contribution in [0.4, 0.5) is 5.69 Å². The van der Waals surface area contributed by atoms with Gasteiger partial charge in [-0.1, -0.05) is 36.4 Å². The molecule has 0 spiro atoms. The standard InChI is InChI=1S/C20H15NO6S/c1-14-7-12-18(13-19(14)21(23)24)28(25,26)27-17-10-8-16(9-11-17)20(22)15-5-3-2-4-6-15/h2-13H,1H3. The molecular formula is C20H15NO6S. The van der Waals surface area contributed by atoms with E-state index in [1.165, 1.54) is 43.3 Å². The highest BCUT2D eigenvalue weighted by Gasteiger charge is 2.22. The lowest BCUT2D eigenvalue weighted by Crippen LogP contribution is -2.10. The van der Waals surface area contributed by atoms with Gasteiger partial charge < -0.3 is 4.18 Å². The molecule has 0 aliphatic carbocycles. The Morgan fingerprint density at radius 1 is 0.929 bits per heavy atom. The highest BCUT2D eigenvalue weighted by Crippen LogP contribution is 2.25. The van der Waals surface area contributed by atoms with E-state index < -0.39 is 15.0 Å². The summed E-state index contributed by atoms with van der Waals surface area (Å²) in [5, 5.41) is 11.0. The molecule has 0 aliphatic heterocycles. The van der Waals surface area contributed by atoms with Crippen LogP contribution >= 0.6 is 0 Å². The zero-order chi connectivity index (χ0) is 20.3. The van der Waals surface area contributed by atoms with Crippen LogP contribution < -0.4 is 4.18 Å². The Balaban J connectivity index is 1.83. The van der Waals surface area contributed by atoms with Gasteiger partial charge in [0.2, 0.25) is 0 Å². The maximum atomic E-state index is 12.4. The second-order valence-corrected chi connectivity index (χ2v) is 7.51. The largest absolute Gasteiger partial charge is 0.379 e. The minimum atomic E-state index is -4.26. The van der Waals surface area contributed by atoms with Crippen molar-refractivity contribution in [3.8, 4) is 5.75 Å². The fourth-order valence-corrected chi connectivity index (χ4v) is 3.49. The van der Waals surface area contributed by atoms with E-state index >= 15 is 0 Å². The van der Waals surface area contributed by atoms with Crippen LogP contribution in [0, 0.1) is 17.0 Å². The molecule has 0 amide bonds. The molecule has 3 aromatic rings. The summed E-state index contributed by atoms with van der Waals surface area (Å²) in [4.78, 5) is 22.4. The Morgan fingerprint density at radius 3 is 2.14 bits per heavy atom. The average molecular weight is 397 g/mol. The van der Waals surface area contributed by atoms with Gasteiger partial charge in [-0.05, 0) is 37.3 Å². The van der Waals surface area contributed by atoms with Crippen molar-refractivity contribution < 1.29 is 22.3 Å². The van der Waals surface area contributed by atoms with Gasteiger partial charge in [0.05, 0.1) is 4.92 Å². The van der Waals surface area contributed by atoms with Gasteiger partial charge in [-0.15, -0.1) is 0 Å². The van der Waals surface area contributed by atoms with Crippen LogP contribution in [0.25, 0.3) is 0 Å². The molecule has 0 aromatic heterocycles. The Labute approximate surface area is 161 Å². The molecule has 0 radical (unpaired) electrons. The number of benzene rings is 3. The first-order valence-corrected chi connectivity index (χ1v) is 9.58. The highest BCUT2D eigenvalue weighted by atomic mass is 32.2. The van der Waals surface area contributed by atoms with E-state index in [-0.39, 0.29) is 22.1 Å². The van der Waals surface area contributed by atoms with Gasteiger partial charge >= 0.3 is 10.1 Å². The Kier molecular flexibility index (Phi) is 5.23. The number of nitro groups is 1. The molecule has 0 N–H and O–H groups in total. The second-order valence-electron chi connectivity index (χ2n) is 5.96. The number of aryl methyl sites for hydroxylation is 1. The van der Waals surface area contributed by atoms with Crippen molar-refractivity contribution in [3.05, 3.63) is 99.6 Å². The van der Waals surface area contributed by atoms with Gasteiger partial charge in [-0.3, -0.25) is 14.9 Å². The maximum Gasteiger partial charge on any atom is 0.339 e. The molecule has 7 nitrogen and oxygen atoms in total. The van der Waals surface area contributed by atoms with E-state index in [9.17, 15) is 23.3 Å². The van der Waals surface area contributed by atoms with E-state index in [0.29, 0.717) is 16.7 Å². The number of nitrogens with zero attached hydrogens (tertiary/aromatic N) is 1. The van der Waals surface area contributed by atoms with Gasteiger partial charge in [0.15, 0.2) is 5.78 Å². The van der Waals surface area contributed by atoms with Crippen molar-refractivity contribution in [1.29, 1.82) is 0 Å². The third kappa shape index (κ3) is 4.07. The number of hydrogen-bond acceptors (Lipinski definition) is 6. The Hall–Kier alpha value is -3.52. The summed E-state index contributed by atoms with van der Waals surface area (Å²) in [6.45, 7) is 1.51. The number of carbonyl (C=O) groups excluding carboxylic acids is 1. The molecule has 142 valence electrons. The molecule has 0 unspecified atom stereocenters. The third-order valence-corrected chi connectivity index (χ3v) is 5.27. The van der Waals surface area contributed by atoms with Crippen LogP contribution in [0.1, 0.15) is 21.5 Å². The average Bonchev–Trinajstić information content (AvgIpc) is 2.68. The van der Waals surface area contributed by atoms with Crippen LogP contribution in [0.2, 0.25) is 0 Å². The van der Waals surface area contributed by atoms with Crippen molar-refractivity contribution in [2.75, 3.05) is 0 Å². The first-order valence-electron chi connectivity index (χ1n) is 8.17. The molecule has 0 saturated carbocycles. The van der Waals surface area contributed by atoms with Crippen molar-refractivity contribution in [2.45, 2.75) is 11.8 Å². The van der Waals surface area contributed by atoms with Crippen LogP contribution in [-0.2, 0) is 10.1 Å². The smallest absolute Gasteiger partial charge is 0.339 e. The summed E-state index contributed by atoms with van der Waals surface area (Å²) in [5.74, 6) is -0.211. The fourth-order valence-electron chi connectivity index (χ4n) is 2.53. The molecular weight excluding hydrogens is 382 g/mol. The molecule has 0 bridgehead atoms. The van der Waals surface area contributed by atoms with Gasteiger partial charge in [0.25, 0.3) is 5.69 Å². The van der Waals surface area contributed by atoms with Gasteiger partial charge in [-0.2, -0.15) is 8.42 Å². The van der Waals surface area contributed by atoms with Gasteiger partial charge in [-0.25, -0.2) is 0 Å². The van der Waals surface area contributed by atoms with Crippen LogP contribution in [0.3, 0.4) is 0 Å². The topological polar surface area (TPSA) is 104 Å². The zero-order valence-corrected chi connectivity index (χ0v) is 15.5. The van der Waals surface area contributed by atoms with Crippen LogP contribution in [-0.4, -0.2) is 19.1 Å². The minimum absolute atomic E-state index is 0.00663. The third-order valence-electron chi connectivity index (χ3n) is 4.02. The lowest BCUT2D eigenvalue weighted by molar-refractivity contribution is -0.385. The molecule has 0 aliphatic rings. The molecule has 0 fully saturated rings. The molecule has 8 heteroatoms. The molecule has 0 atom stereocenters. The summed E-state index contributed by atoms with van der Waals surface area (Å²) in [7, 11) is -4.26. The quantitative estimate of drug-likeness (QED) is 0.270. The summed E-state index contributed by atoms with van der Waals surface area (Å²) in [5.41, 5.74) is 0.916. The maximum absolute atomic E-state index is 12.4. The number of rotatable bonds is 6. The highest BCUT2D eigenvalue weighted by molar-refractivity contribution is 7.87. The first-order chi connectivity index (χ1) is 13.3. The lowest BCUT2D eigenvalue weighted by atomic mass is 10.0. The minimum Gasteiger partial charge on any atom is -0.379 e. The monoisotopic (exact) mass is 397 g/mol. The molecule has 0 heterocycles. The second kappa shape index (κ2) is 7.61. The van der Waals surface area contributed by atoms with E-state index in [1.807, 2.05) is 0 Å². The van der Waals surface area contributed by atoms with Crippen LogP contribution in [0.5, 0.6) is 5.75 Å². The molecule has 0 saturated heterocycles. The van der Waals surface area contributed by atoms with E-state index in [4.69, 9.17) is 4.18 Å². The van der Waals surface area contributed by atoms with Gasteiger partial charge in [0.1, 0.15) is 10.6 Å². The zero-order valence-electron chi connectivity index (χ0n) is 14.7. The van der Waals surface area contributed by atoms with E-state index in [2.05, 4.69) is 0 Å². The summed E-state index contributed by atoms with van der Waals surface area (Å²) in [6.07, 6.45) is 0. The molecule has 3 rings (SSSR count). The van der Waals surface area contributed by atoms with E-state index in [0.717, 1.165) is 6.07 Å². The Morgan fingerprint density at radius 2 is 1.54 bits per heavy atom. The first kappa shape index (κ1) is 19.2. The number of ketones is 1. The normalized spacial score (nSPS) is 11.0. The predicted molar refractivity (Wildman–Crippen MR) is 102 cm³/mol. The lowest BCUT2D eigenvalue weighted by Gasteiger charge is -2.08. The predicted octanol–water partition coefficient (Wildman–Crippen LogP) is 3.90. The molecule has 28 heavy (non-hydrogen) atoms. The SMILES string of the molecule is Cc1ccc(S(=O)(=O)Oc2ccc(C(=O)c3ccccc3)cc2)cc1[N+](=O)[O-]. The summed E-state index contributed by atoms with van der Waals surface area (Å²) < 4.78 is 29.9. The van der Waals surface area contributed by atoms with Gasteiger partial charge in [0, 0.05) is 22.8 Å². The Bertz CT molecular complexity index is 1140. The van der Waals surface area contributed by atoms with Crippen molar-refractivity contribution in [3.63, 3.8) is 0 Å². The molecule has 3 aromatic carbocycles. The van der Waals surface area contributed by atoms with Crippen LogP contribution in [0.15, 0.2) is 77.7 Å².